The van der Waals surface area contributed by atoms with Gasteiger partial charge in [-0.15, -0.1) is 0 Å². The summed E-state index contributed by atoms with van der Waals surface area (Å²) < 4.78 is 37.4. The van der Waals surface area contributed by atoms with Gasteiger partial charge >= 0.3 is 6.18 Å². The summed E-state index contributed by atoms with van der Waals surface area (Å²) in [7, 11) is 1.84. The monoisotopic (exact) mass is 249 g/mol. The van der Waals surface area contributed by atoms with E-state index in [1.165, 1.54) is 0 Å². The summed E-state index contributed by atoms with van der Waals surface area (Å²) in [4.78, 5) is 0. The minimum atomic E-state index is -4.03. The smallest absolute Gasteiger partial charge is 0.309 e. The Morgan fingerprint density at radius 3 is 2.65 bits per heavy atom. The molecule has 98 valence electrons. The molecule has 0 saturated carbocycles. The number of unbranched alkanes of at least 4 members (excludes halogenated alkanes) is 1. The first-order valence-electron chi connectivity index (χ1n) is 5.68. The van der Waals surface area contributed by atoms with E-state index in [0.29, 0.717) is 13.0 Å². The summed E-state index contributed by atoms with van der Waals surface area (Å²) in [6, 6.07) is 2.00. The number of alkyl halides is 3. The molecular weight excluding hydrogens is 231 g/mol. The lowest BCUT2D eigenvalue weighted by Crippen LogP contribution is -2.22. The molecule has 0 radical (unpaired) electrons. The summed E-state index contributed by atoms with van der Waals surface area (Å²) >= 11 is 0. The van der Waals surface area contributed by atoms with E-state index in [4.69, 9.17) is 0 Å². The minimum absolute atomic E-state index is 0.105. The Balaban J connectivity index is 2.17. The van der Waals surface area contributed by atoms with Gasteiger partial charge in [-0.3, -0.25) is 4.68 Å². The first-order valence-corrected chi connectivity index (χ1v) is 5.68. The number of nitrogens with one attached hydrogen (secondary N) is 1. The second-order valence-corrected chi connectivity index (χ2v) is 4.13. The van der Waals surface area contributed by atoms with Crippen LogP contribution in [0.1, 0.15) is 37.9 Å². The predicted octanol–water partition coefficient (Wildman–Crippen LogP) is 2.80. The van der Waals surface area contributed by atoms with Gasteiger partial charge in [0.25, 0.3) is 0 Å². The van der Waals surface area contributed by atoms with Crippen LogP contribution in [-0.2, 0) is 7.05 Å². The lowest BCUT2D eigenvalue weighted by molar-refractivity contribution is -0.135. The molecule has 17 heavy (non-hydrogen) atoms. The van der Waals surface area contributed by atoms with Crippen LogP contribution in [0.4, 0.5) is 13.2 Å². The summed E-state index contributed by atoms with van der Waals surface area (Å²) in [5, 5.41) is 7.23. The Labute approximate surface area is 99.0 Å². The molecule has 6 heteroatoms. The van der Waals surface area contributed by atoms with Crippen molar-refractivity contribution in [1.82, 2.24) is 15.1 Å². The molecule has 0 spiro atoms. The summed E-state index contributed by atoms with van der Waals surface area (Å²) in [5.41, 5.74) is 1.03. The highest BCUT2D eigenvalue weighted by Crippen LogP contribution is 2.22. The molecule has 1 rings (SSSR count). The molecule has 1 atom stereocenters. The number of nitrogens with zero attached hydrogens (tertiary/aromatic N) is 2. The van der Waals surface area contributed by atoms with Crippen molar-refractivity contribution in [3.05, 3.63) is 18.0 Å². The number of aromatic nitrogens is 2. The van der Waals surface area contributed by atoms with Gasteiger partial charge in [-0.1, -0.05) is 0 Å². The summed E-state index contributed by atoms with van der Waals surface area (Å²) in [6.07, 6.45) is -2.32. The zero-order valence-electron chi connectivity index (χ0n) is 10.1. The highest BCUT2D eigenvalue weighted by Gasteiger charge is 2.25. The van der Waals surface area contributed by atoms with Gasteiger partial charge in [-0.05, 0) is 32.4 Å². The van der Waals surface area contributed by atoms with Gasteiger partial charge in [0.15, 0.2) is 0 Å². The van der Waals surface area contributed by atoms with Crippen LogP contribution in [0.25, 0.3) is 0 Å². The number of hydrogen-bond acceptors (Lipinski definition) is 2. The van der Waals surface area contributed by atoms with E-state index in [1.54, 1.807) is 10.9 Å². The fourth-order valence-corrected chi connectivity index (χ4v) is 1.68. The molecule has 0 amide bonds. The Hall–Kier alpha value is -1.04. The second-order valence-electron chi connectivity index (χ2n) is 4.13. The minimum Gasteiger partial charge on any atom is -0.309 e. The number of hydrogen-bond donors (Lipinski definition) is 1. The molecule has 1 heterocycles. The van der Waals surface area contributed by atoms with Crippen molar-refractivity contribution < 1.29 is 13.2 Å². The zero-order valence-corrected chi connectivity index (χ0v) is 10.1. The van der Waals surface area contributed by atoms with Crippen LogP contribution in [0.15, 0.2) is 12.3 Å². The third-order valence-electron chi connectivity index (χ3n) is 2.64. The molecule has 1 aromatic heterocycles. The molecule has 0 fully saturated rings. The normalized spacial score (nSPS) is 13.9. The molecule has 1 N–H and O–H groups in total. The van der Waals surface area contributed by atoms with Crippen molar-refractivity contribution in [1.29, 1.82) is 0 Å². The molecule has 0 aliphatic heterocycles. The van der Waals surface area contributed by atoms with E-state index < -0.39 is 12.6 Å². The standard InChI is InChI=1S/C11H18F3N3/c1-9(10-5-8-16-17(10)2)15-7-4-3-6-11(12,13)14/h5,8-9,15H,3-4,6-7H2,1-2H3. The van der Waals surface area contributed by atoms with Crippen LogP contribution >= 0.6 is 0 Å². The van der Waals surface area contributed by atoms with Gasteiger partial charge in [0.2, 0.25) is 0 Å². The maximum absolute atomic E-state index is 11.9. The molecule has 1 aromatic rings. The highest BCUT2D eigenvalue weighted by atomic mass is 19.4. The van der Waals surface area contributed by atoms with Crippen LogP contribution in [0.2, 0.25) is 0 Å². The summed E-state index contributed by atoms with van der Waals surface area (Å²) in [6.45, 7) is 2.56. The molecule has 0 aliphatic rings. The van der Waals surface area contributed by atoms with Crippen molar-refractivity contribution in [2.45, 2.75) is 38.4 Å². The van der Waals surface area contributed by atoms with Gasteiger partial charge in [0.05, 0.1) is 5.69 Å². The van der Waals surface area contributed by atoms with Gasteiger partial charge in [-0.25, -0.2) is 0 Å². The molecule has 1 unspecified atom stereocenters. The maximum Gasteiger partial charge on any atom is 0.389 e. The molecule has 0 saturated heterocycles. The van der Waals surface area contributed by atoms with Crippen LogP contribution in [0.3, 0.4) is 0 Å². The topological polar surface area (TPSA) is 29.9 Å². The lowest BCUT2D eigenvalue weighted by Gasteiger charge is -2.14. The zero-order chi connectivity index (χ0) is 12.9. The molecule has 0 bridgehead atoms. The van der Waals surface area contributed by atoms with Crippen LogP contribution in [-0.4, -0.2) is 22.5 Å². The van der Waals surface area contributed by atoms with E-state index >= 15 is 0 Å². The third kappa shape index (κ3) is 5.21. The van der Waals surface area contributed by atoms with Crippen LogP contribution < -0.4 is 5.32 Å². The second kappa shape index (κ2) is 6.05. The number of rotatable bonds is 6. The van der Waals surface area contributed by atoms with E-state index in [2.05, 4.69) is 10.4 Å². The van der Waals surface area contributed by atoms with Crippen molar-refractivity contribution >= 4 is 0 Å². The van der Waals surface area contributed by atoms with E-state index in [9.17, 15) is 13.2 Å². The SMILES string of the molecule is CC(NCCCCC(F)(F)F)c1ccnn1C. The Kier molecular flexibility index (Phi) is 4.99. The van der Waals surface area contributed by atoms with Gasteiger partial charge in [-0.2, -0.15) is 18.3 Å². The van der Waals surface area contributed by atoms with E-state index in [0.717, 1.165) is 5.69 Å². The van der Waals surface area contributed by atoms with Crippen molar-refractivity contribution in [2.24, 2.45) is 7.05 Å². The number of aryl methyl sites for hydroxylation is 1. The largest absolute Gasteiger partial charge is 0.389 e. The van der Waals surface area contributed by atoms with E-state index in [1.807, 2.05) is 20.0 Å². The Bertz CT molecular complexity index is 333. The molecule has 0 aliphatic carbocycles. The first-order chi connectivity index (χ1) is 7.90. The lowest BCUT2D eigenvalue weighted by atomic mass is 10.2. The van der Waals surface area contributed by atoms with Gasteiger partial charge < -0.3 is 5.32 Å². The number of halogens is 3. The average molecular weight is 249 g/mol. The average Bonchev–Trinajstić information content (AvgIpc) is 2.62. The van der Waals surface area contributed by atoms with Crippen molar-refractivity contribution in [3.8, 4) is 0 Å². The highest BCUT2D eigenvalue weighted by molar-refractivity contribution is 5.04. The molecule has 3 nitrogen and oxygen atoms in total. The first kappa shape index (κ1) is 14.0. The fourth-order valence-electron chi connectivity index (χ4n) is 1.68. The summed E-state index contributed by atoms with van der Waals surface area (Å²) in [5.74, 6) is 0. The van der Waals surface area contributed by atoms with Crippen molar-refractivity contribution in [3.63, 3.8) is 0 Å². The molecule has 0 aromatic carbocycles. The fraction of sp³-hybridized carbons (Fsp3) is 0.727. The predicted molar refractivity (Wildman–Crippen MR) is 59.5 cm³/mol. The Morgan fingerprint density at radius 1 is 1.41 bits per heavy atom. The third-order valence-corrected chi connectivity index (χ3v) is 2.64. The Morgan fingerprint density at radius 2 is 2.12 bits per heavy atom. The van der Waals surface area contributed by atoms with Gasteiger partial charge in [0.1, 0.15) is 0 Å². The van der Waals surface area contributed by atoms with Crippen molar-refractivity contribution in [2.75, 3.05) is 6.54 Å². The van der Waals surface area contributed by atoms with E-state index in [-0.39, 0.29) is 12.5 Å². The van der Waals surface area contributed by atoms with Crippen LogP contribution in [0, 0.1) is 0 Å². The van der Waals surface area contributed by atoms with Crippen LogP contribution in [0.5, 0.6) is 0 Å². The quantitative estimate of drug-likeness (QED) is 0.786. The molecular formula is C11H18F3N3. The maximum atomic E-state index is 11.9. The van der Waals surface area contributed by atoms with Gasteiger partial charge in [0, 0.05) is 25.7 Å².